The predicted molar refractivity (Wildman–Crippen MR) is 64.0 cm³/mol. The van der Waals surface area contributed by atoms with Crippen molar-refractivity contribution in [1.29, 1.82) is 0 Å². The third-order valence-corrected chi connectivity index (χ3v) is 3.95. The maximum atomic E-state index is 2.44. The fraction of sp³-hybridized carbons (Fsp3) is 0.929. The van der Waals surface area contributed by atoms with Gasteiger partial charge in [-0.05, 0) is 43.4 Å². The molecule has 0 saturated heterocycles. The molecule has 0 spiro atoms. The molecule has 0 heterocycles. The average Bonchev–Trinajstić information content (AvgIpc) is 2.10. The van der Waals surface area contributed by atoms with Crippen LogP contribution in [0.15, 0.2) is 0 Å². The van der Waals surface area contributed by atoms with E-state index in [0.29, 0.717) is 0 Å². The van der Waals surface area contributed by atoms with Crippen molar-refractivity contribution in [3.63, 3.8) is 0 Å². The minimum atomic E-state index is 0.858. The van der Waals surface area contributed by atoms with E-state index in [0.717, 1.165) is 23.7 Å². The summed E-state index contributed by atoms with van der Waals surface area (Å²) < 4.78 is 0. The third-order valence-electron chi connectivity index (χ3n) is 3.95. The summed E-state index contributed by atoms with van der Waals surface area (Å²) in [6, 6.07) is 0. The van der Waals surface area contributed by atoms with Crippen molar-refractivity contribution in [2.24, 2.45) is 23.7 Å². The van der Waals surface area contributed by atoms with E-state index in [9.17, 15) is 0 Å². The molecule has 0 nitrogen and oxygen atoms in total. The normalized spacial score (nSPS) is 28.6. The zero-order chi connectivity index (χ0) is 10.6. The van der Waals surface area contributed by atoms with Crippen LogP contribution in [0.2, 0.25) is 0 Å². The van der Waals surface area contributed by atoms with Crippen LogP contribution in [-0.4, -0.2) is 0 Å². The van der Waals surface area contributed by atoms with Gasteiger partial charge in [0.15, 0.2) is 0 Å². The van der Waals surface area contributed by atoms with Gasteiger partial charge in [-0.3, -0.25) is 0 Å². The van der Waals surface area contributed by atoms with E-state index in [2.05, 4.69) is 34.1 Å². The van der Waals surface area contributed by atoms with E-state index in [-0.39, 0.29) is 0 Å². The van der Waals surface area contributed by atoms with Crippen molar-refractivity contribution in [1.82, 2.24) is 0 Å². The first-order chi connectivity index (χ1) is 6.67. The van der Waals surface area contributed by atoms with Crippen LogP contribution in [0.1, 0.15) is 59.8 Å². The van der Waals surface area contributed by atoms with E-state index in [1.165, 1.54) is 32.1 Å². The highest BCUT2D eigenvalue weighted by molar-refractivity contribution is 4.85. The van der Waals surface area contributed by atoms with Crippen LogP contribution in [0.3, 0.4) is 0 Å². The van der Waals surface area contributed by atoms with Crippen molar-refractivity contribution < 1.29 is 0 Å². The lowest BCUT2D eigenvalue weighted by Crippen LogP contribution is -2.27. The molecule has 0 aromatic heterocycles. The summed E-state index contributed by atoms with van der Waals surface area (Å²) in [7, 11) is 0. The van der Waals surface area contributed by atoms with Gasteiger partial charge in [-0.1, -0.05) is 27.2 Å². The maximum absolute atomic E-state index is 2.44. The first-order valence-electron chi connectivity index (χ1n) is 6.46. The SMILES string of the molecule is C[CH+]C(CC(C)C)CC1CCC1CC. The van der Waals surface area contributed by atoms with Gasteiger partial charge in [-0.15, -0.1) is 0 Å². The van der Waals surface area contributed by atoms with E-state index in [1.807, 2.05) is 0 Å². The summed E-state index contributed by atoms with van der Waals surface area (Å²) in [5, 5.41) is 0. The van der Waals surface area contributed by atoms with Crippen LogP contribution in [0.4, 0.5) is 0 Å². The zero-order valence-corrected chi connectivity index (χ0v) is 10.4. The van der Waals surface area contributed by atoms with Crippen molar-refractivity contribution >= 4 is 0 Å². The average molecular weight is 195 g/mol. The molecule has 0 heteroatoms. The van der Waals surface area contributed by atoms with Gasteiger partial charge in [0.2, 0.25) is 0 Å². The Labute approximate surface area is 90.5 Å². The monoisotopic (exact) mass is 195 g/mol. The molecule has 1 aliphatic rings. The molecule has 1 fully saturated rings. The highest BCUT2D eigenvalue weighted by atomic mass is 14.4. The van der Waals surface area contributed by atoms with Crippen LogP contribution in [0.25, 0.3) is 0 Å². The topological polar surface area (TPSA) is 0 Å². The number of hydrogen-bond donors (Lipinski definition) is 0. The van der Waals surface area contributed by atoms with Crippen molar-refractivity contribution in [3.05, 3.63) is 6.42 Å². The molecule has 1 rings (SSSR count). The third kappa shape index (κ3) is 3.22. The summed E-state index contributed by atoms with van der Waals surface area (Å²) in [5.41, 5.74) is 0. The van der Waals surface area contributed by atoms with Gasteiger partial charge in [0.05, 0.1) is 19.3 Å². The lowest BCUT2D eigenvalue weighted by atomic mass is 9.67. The molecule has 82 valence electrons. The van der Waals surface area contributed by atoms with Gasteiger partial charge >= 0.3 is 0 Å². The van der Waals surface area contributed by atoms with Crippen LogP contribution in [0, 0.1) is 30.1 Å². The van der Waals surface area contributed by atoms with Crippen molar-refractivity contribution in [2.45, 2.75) is 59.8 Å². The predicted octanol–water partition coefficient (Wildman–Crippen LogP) is 4.70. The van der Waals surface area contributed by atoms with Gasteiger partial charge in [0.1, 0.15) is 0 Å². The molecular weight excluding hydrogens is 168 g/mol. The lowest BCUT2D eigenvalue weighted by molar-refractivity contribution is 0.136. The minimum absolute atomic E-state index is 0.858. The van der Waals surface area contributed by atoms with Gasteiger partial charge < -0.3 is 0 Å². The van der Waals surface area contributed by atoms with E-state index < -0.39 is 0 Å². The van der Waals surface area contributed by atoms with Crippen LogP contribution in [0.5, 0.6) is 0 Å². The standard InChI is InChI=1S/C14H27/c1-5-12(9-11(3)4)10-14-8-7-13(14)6-2/h5,11-14H,6-10H2,1-4H3/q+1. The molecule has 0 aromatic rings. The van der Waals surface area contributed by atoms with E-state index in [1.54, 1.807) is 0 Å². The second-order valence-corrected chi connectivity index (χ2v) is 5.46. The summed E-state index contributed by atoms with van der Waals surface area (Å²) in [6.07, 6.45) is 9.70. The first kappa shape index (κ1) is 11.9. The lowest BCUT2D eigenvalue weighted by Gasteiger charge is -2.37. The van der Waals surface area contributed by atoms with E-state index in [4.69, 9.17) is 0 Å². The van der Waals surface area contributed by atoms with E-state index >= 15 is 0 Å². The molecule has 14 heavy (non-hydrogen) atoms. The van der Waals surface area contributed by atoms with Crippen molar-refractivity contribution in [2.75, 3.05) is 0 Å². The zero-order valence-electron chi connectivity index (χ0n) is 10.4. The fourth-order valence-electron chi connectivity index (χ4n) is 2.85. The largest absolute Gasteiger partial charge is 0.0979 e. The fourth-order valence-corrected chi connectivity index (χ4v) is 2.85. The first-order valence-corrected chi connectivity index (χ1v) is 6.46. The summed E-state index contributed by atoms with van der Waals surface area (Å²) >= 11 is 0. The second-order valence-electron chi connectivity index (χ2n) is 5.46. The molecule has 3 atom stereocenters. The molecular formula is C14H27+. The minimum Gasteiger partial charge on any atom is -0.0651 e. The Balaban J connectivity index is 2.25. The van der Waals surface area contributed by atoms with Gasteiger partial charge in [0.25, 0.3) is 0 Å². The highest BCUT2D eigenvalue weighted by Crippen LogP contribution is 2.41. The molecule has 1 aliphatic carbocycles. The highest BCUT2D eigenvalue weighted by Gasteiger charge is 2.32. The molecule has 1 saturated carbocycles. The Morgan fingerprint density at radius 2 is 1.86 bits per heavy atom. The molecule has 0 aromatic carbocycles. The molecule has 0 bridgehead atoms. The van der Waals surface area contributed by atoms with Gasteiger partial charge in [-0.25, -0.2) is 0 Å². The Morgan fingerprint density at radius 3 is 2.21 bits per heavy atom. The Kier molecular flexibility index (Phi) is 4.84. The Hall–Kier alpha value is -0.130. The molecule has 0 N–H and O–H groups in total. The molecule has 3 unspecified atom stereocenters. The number of rotatable bonds is 6. The quantitative estimate of drug-likeness (QED) is 0.539. The van der Waals surface area contributed by atoms with Crippen LogP contribution < -0.4 is 0 Å². The molecule has 0 amide bonds. The smallest absolute Gasteiger partial charge is 0.0651 e. The summed E-state index contributed by atoms with van der Waals surface area (Å²) in [6.45, 7) is 9.28. The summed E-state index contributed by atoms with van der Waals surface area (Å²) in [4.78, 5) is 0. The Morgan fingerprint density at radius 1 is 1.21 bits per heavy atom. The van der Waals surface area contributed by atoms with Gasteiger partial charge in [-0.2, -0.15) is 0 Å². The second kappa shape index (κ2) is 5.68. The maximum Gasteiger partial charge on any atom is 0.0979 e. The van der Waals surface area contributed by atoms with Crippen LogP contribution >= 0.6 is 0 Å². The van der Waals surface area contributed by atoms with Crippen molar-refractivity contribution in [3.8, 4) is 0 Å². The molecule has 0 radical (unpaired) electrons. The molecule has 0 aliphatic heterocycles. The van der Waals surface area contributed by atoms with Crippen LogP contribution in [-0.2, 0) is 0 Å². The number of hydrogen-bond acceptors (Lipinski definition) is 0. The Bertz CT molecular complexity index is 146. The summed E-state index contributed by atoms with van der Waals surface area (Å²) in [5.74, 6) is 3.86. The van der Waals surface area contributed by atoms with Gasteiger partial charge in [0, 0.05) is 0 Å².